The molecule has 0 spiro atoms. The molecule has 2 unspecified atom stereocenters. The van der Waals surface area contributed by atoms with Crippen molar-refractivity contribution in [2.75, 3.05) is 6.61 Å². The van der Waals surface area contributed by atoms with E-state index in [2.05, 4.69) is 4.74 Å². The van der Waals surface area contributed by atoms with Gasteiger partial charge in [0.15, 0.2) is 5.60 Å². The second kappa shape index (κ2) is 10.9. The fourth-order valence-electron chi connectivity index (χ4n) is 1.92. The first-order valence-corrected chi connectivity index (χ1v) is 7.37. The van der Waals surface area contributed by atoms with Crippen LogP contribution in [0.4, 0.5) is 0 Å². The third-order valence-electron chi connectivity index (χ3n) is 3.16. The minimum absolute atomic E-state index is 0.128. The highest BCUT2D eigenvalue weighted by atomic mass is 16.6. The third kappa shape index (κ3) is 9.82. The van der Waals surface area contributed by atoms with Gasteiger partial charge in [-0.2, -0.15) is 0 Å². The van der Waals surface area contributed by atoms with Crippen LogP contribution in [0.3, 0.4) is 0 Å². The predicted molar refractivity (Wildman–Crippen MR) is 76.3 cm³/mol. The lowest BCUT2D eigenvalue weighted by Crippen LogP contribution is -2.43. The summed E-state index contributed by atoms with van der Waals surface area (Å²) in [5.74, 6) is -4.62. The molecule has 0 radical (unpaired) electrons. The number of ether oxygens (including phenoxy) is 1. The SMILES string of the molecule is O=C(O)CC(O)(CC(=O)OC(O)CCCCCCCO)C(=O)O. The smallest absolute Gasteiger partial charge is 0.336 e. The summed E-state index contributed by atoms with van der Waals surface area (Å²) in [6.07, 6.45) is 0.241. The molecule has 5 N–H and O–H groups in total. The number of esters is 1. The average molecular weight is 336 g/mol. The molecule has 0 heterocycles. The summed E-state index contributed by atoms with van der Waals surface area (Å²) in [7, 11) is 0. The van der Waals surface area contributed by atoms with E-state index in [-0.39, 0.29) is 13.0 Å². The van der Waals surface area contributed by atoms with Crippen molar-refractivity contribution in [3.8, 4) is 0 Å². The van der Waals surface area contributed by atoms with Crippen LogP contribution in [0.5, 0.6) is 0 Å². The van der Waals surface area contributed by atoms with Crippen molar-refractivity contribution < 1.29 is 44.7 Å². The monoisotopic (exact) mass is 336 g/mol. The van der Waals surface area contributed by atoms with Crippen LogP contribution in [-0.4, -0.2) is 61.9 Å². The van der Waals surface area contributed by atoms with Gasteiger partial charge in [-0.15, -0.1) is 0 Å². The van der Waals surface area contributed by atoms with Gasteiger partial charge in [-0.1, -0.05) is 19.3 Å². The van der Waals surface area contributed by atoms with Crippen LogP contribution in [0.15, 0.2) is 0 Å². The van der Waals surface area contributed by atoms with Gasteiger partial charge in [0.2, 0.25) is 6.29 Å². The molecule has 0 aliphatic carbocycles. The van der Waals surface area contributed by atoms with E-state index >= 15 is 0 Å². The average Bonchev–Trinajstić information content (AvgIpc) is 2.41. The third-order valence-corrected chi connectivity index (χ3v) is 3.16. The van der Waals surface area contributed by atoms with Crippen LogP contribution in [0, 0.1) is 0 Å². The zero-order valence-electron chi connectivity index (χ0n) is 12.8. The van der Waals surface area contributed by atoms with Crippen LogP contribution < -0.4 is 0 Å². The number of carboxylic acids is 2. The molecule has 0 aliphatic heterocycles. The quantitative estimate of drug-likeness (QED) is 0.175. The van der Waals surface area contributed by atoms with Crippen molar-refractivity contribution in [1.29, 1.82) is 0 Å². The number of aliphatic hydroxyl groups is 3. The minimum Gasteiger partial charge on any atom is -0.481 e. The summed E-state index contributed by atoms with van der Waals surface area (Å²) in [4.78, 5) is 32.9. The number of hydrogen-bond acceptors (Lipinski definition) is 7. The maximum Gasteiger partial charge on any atom is 0.336 e. The summed E-state index contributed by atoms with van der Waals surface area (Å²) in [6, 6.07) is 0. The van der Waals surface area contributed by atoms with Gasteiger partial charge < -0.3 is 30.3 Å². The van der Waals surface area contributed by atoms with E-state index in [4.69, 9.17) is 15.3 Å². The number of aliphatic hydroxyl groups excluding tert-OH is 2. The van der Waals surface area contributed by atoms with E-state index in [1.807, 2.05) is 0 Å². The lowest BCUT2D eigenvalue weighted by Gasteiger charge is -2.21. The van der Waals surface area contributed by atoms with Gasteiger partial charge in [-0.05, 0) is 12.8 Å². The van der Waals surface area contributed by atoms with Crippen molar-refractivity contribution >= 4 is 17.9 Å². The van der Waals surface area contributed by atoms with Crippen molar-refractivity contribution in [3.63, 3.8) is 0 Å². The van der Waals surface area contributed by atoms with Crippen molar-refractivity contribution in [3.05, 3.63) is 0 Å². The van der Waals surface area contributed by atoms with Gasteiger partial charge in [0.05, 0.1) is 12.8 Å². The van der Waals surface area contributed by atoms with Crippen LogP contribution in [0.1, 0.15) is 51.4 Å². The second-order valence-electron chi connectivity index (χ2n) is 5.31. The normalized spacial score (nSPS) is 14.7. The highest BCUT2D eigenvalue weighted by molar-refractivity contribution is 5.88. The molecule has 0 bridgehead atoms. The van der Waals surface area contributed by atoms with Crippen LogP contribution in [-0.2, 0) is 19.1 Å². The predicted octanol–water partition coefficient (Wildman–Crippen LogP) is -0.139. The largest absolute Gasteiger partial charge is 0.481 e. The molecule has 0 aromatic rings. The molecule has 134 valence electrons. The number of unbranched alkanes of at least 4 members (excludes halogenated alkanes) is 4. The topological polar surface area (TPSA) is 162 Å². The molecule has 23 heavy (non-hydrogen) atoms. The Morgan fingerprint density at radius 3 is 2.04 bits per heavy atom. The minimum atomic E-state index is -2.77. The van der Waals surface area contributed by atoms with Crippen LogP contribution in [0.2, 0.25) is 0 Å². The van der Waals surface area contributed by atoms with E-state index in [1.54, 1.807) is 0 Å². The zero-order valence-corrected chi connectivity index (χ0v) is 12.8. The van der Waals surface area contributed by atoms with Gasteiger partial charge >= 0.3 is 17.9 Å². The molecule has 9 nitrogen and oxygen atoms in total. The molecule has 9 heteroatoms. The van der Waals surface area contributed by atoms with E-state index in [9.17, 15) is 24.6 Å². The summed E-state index contributed by atoms with van der Waals surface area (Å²) < 4.78 is 4.57. The first-order chi connectivity index (χ1) is 10.7. The van der Waals surface area contributed by atoms with E-state index in [0.29, 0.717) is 12.8 Å². The van der Waals surface area contributed by atoms with E-state index < -0.39 is 42.6 Å². The molecular weight excluding hydrogens is 312 g/mol. The van der Waals surface area contributed by atoms with Gasteiger partial charge in [0.25, 0.3) is 0 Å². The number of carbonyl (C=O) groups is 3. The number of hydrogen-bond donors (Lipinski definition) is 5. The van der Waals surface area contributed by atoms with Crippen LogP contribution in [0.25, 0.3) is 0 Å². The molecule has 0 rings (SSSR count). The van der Waals surface area contributed by atoms with E-state index in [0.717, 1.165) is 19.3 Å². The van der Waals surface area contributed by atoms with Crippen molar-refractivity contribution in [1.82, 2.24) is 0 Å². The second-order valence-corrected chi connectivity index (χ2v) is 5.31. The molecule has 0 saturated carbocycles. The zero-order chi connectivity index (χ0) is 17.9. The molecular formula is C14H24O9. The van der Waals surface area contributed by atoms with Crippen LogP contribution >= 0.6 is 0 Å². The standard InChI is InChI=1S/C14H24O9/c15-7-5-3-1-2-4-6-11(18)23-12(19)9-14(22,13(20)21)8-10(16)17/h11,15,18,22H,1-9H2,(H,16,17)(H,20,21). The van der Waals surface area contributed by atoms with Crippen molar-refractivity contribution in [2.24, 2.45) is 0 Å². The molecule has 0 fully saturated rings. The molecule has 2 atom stereocenters. The molecule has 0 aromatic heterocycles. The first-order valence-electron chi connectivity index (χ1n) is 7.37. The summed E-state index contributed by atoms with van der Waals surface area (Å²) in [5, 5.41) is 45.1. The Morgan fingerprint density at radius 2 is 1.52 bits per heavy atom. The highest BCUT2D eigenvalue weighted by Crippen LogP contribution is 2.18. The van der Waals surface area contributed by atoms with Gasteiger partial charge in [-0.3, -0.25) is 9.59 Å². The van der Waals surface area contributed by atoms with Gasteiger partial charge in [0, 0.05) is 13.0 Å². The Bertz CT molecular complexity index is 396. The summed E-state index contributed by atoms with van der Waals surface area (Å²) >= 11 is 0. The lowest BCUT2D eigenvalue weighted by molar-refractivity contribution is -0.182. The fraction of sp³-hybridized carbons (Fsp3) is 0.786. The maximum absolute atomic E-state index is 11.5. The molecule has 0 aliphatic rings. The molecule has 0 amide bonds. The number of carbonyl (C=O) groups excluding carboxylic acids is 1. The van der Waals surface area contributed by atoms with Crippen molar-refractivity contribution in [2.45, 2.75) is 63.3 Å². The highest BCUT2D eigenvalue weighted by Gasteiger charge is 2.41. The Balaban J connectivity index is 4.15. The summed E-state index contributed by atoms with van der Waals surface area (Å²) in [6.45, 7) is 0.128. The number of aliphatic carboxylic acids is 2. The first kappa shape index (κ1) is 21.3. The lowest BCUT2D eigenvalue weighted by atomic mass is 9.96. The van der Waals surface area contributed by atoms with E-state index in [1.165, 1.54) is 0 Å². The fourth-order valence-corrected chi connectivity index (χ4v) is 1.92. The molecule has 0 saturated heterocycles. The Morgan fingerprint density at radius 1 is 0.957 bits per heavy atom. The molecule has 0 aromatic carbocycles. The number of carboxylic acid groups (broad SMARTS) is 2. The summed E-state index contributed by atoms with van der Waals surface area (Å²) in [5.41, 5.74) is -2.77. The number of rotatable bonds is 13. The maximum atomic E-state index is 11.5. The Labute approximate surface area is 133 Å². The van der Waals surface area contributed by atoms with Gasteiger partial charge in [0.1, 0.15) is 0 Å². The van der Waals surface area contributed by atoms with Gasteiger partial charge in [-0.25, -0.2) is 4.79 Å². The Hall–Kier alpha value is -1.71. The Kier molecular flexibility index (Phi) is 10.1.